The predicted molar refractivity (Wildman–Crippen MR) is 78.5 cm³/mol. The number of aromatic carboxylic acids is 1. The van der Waals surface area contributed by atoms with Crippen molar-refractivity contribution in [2.24, 2.45) is 0 Å². The van der Waals surface area contributed by atoms with Crippen LogP contribution in [0.1, 0.15) is 16.8 Å². The average Bonchev–Trinajstić information content (AvgIpc) is 2.88. The number of benzene rings is 1. The molecule has 3 rings (SSSR count). The van der Waals surface area contributed by atoms with Gasteiger partial charge < -0.3 is 30.3 Å². The molecule has 1 aromatic rings. The second-order valence-corrected chi connectivity index (χ2v) is 5.79. The molecule has 2 heterocycles. The first-order valence-electron chi connectivity index (χ1n) is 7.38. The van der Waals surface area contributed by atoms with Crippen LogP contribution in [-0.4, -0.2) is 70.0 Å². The van der Waals surface area contributed by atoms with Crippen LogP contribution in [0.3, 0.4) is 0 Å². The summed E-state index contributed by atoms with van der Waals surface area (Å²) < 4.78 is 5.58. The maximum Gasteiger partial charge on any atom is 0.343 e. The van der Waals surface area contributed by atoms with E-state index in [0.29, 0.717) is 26.1 Å². The molecule has 2 saturated heterocycles. The number of hydrogen-bond donors (Lipinski definition) is 4. The summed E-state index contributed by atoms with van der Waals surface area (Å²) in [5.74, 6) is -1.62. The number of likely N-dealkylation sites (tertiary alicyclic amines) is 1. The molecule has 0 aliphatic carbocycles. The highest BCUT2D eigenvalue weighted by atomic mass is 16.5. The average molecular weight is 322 g/mol. The van der Waals surface area contributed by atoms with Crippen molar-refractivity contribution in [3.8, 4) is 11.5 Å². The lowest BCUT2D eigenvalue weighted by Gasteiger charge is -2.40. The van der Waals surface area contributed by atoms with Gasteiger partial charge in [0, 0.05) is 6.54 Å². The Hall–Kier alpha value is -2.32. The van der Waals surface area contributed by atoms with Gasteiger partial charge in [-0.3, -0.25) is 4.79 Å². The lowest BCUT2D eigenvalue weighted by atomic mass is 10.1. The molecule has 8 nitrogen and oxygen atoms in total. The van der Waals surface area contributed by atoms with E-state index in [1.54, 1.807) is 4.90 Å². The van der Waals surface area contributed by atoms with Gasteiger partial charge in [0.25, 0.3) is 0 Å². The van der Waals surface area contributed by atoms with Crippen LogP contribution in [0.4, 0.5) is 0 Å². The summed E-state index contributed by atoms with van der Waals surface area (Å²) in [6.45, 7) is 1.11. The summed E-state index contributed by atoms with van der Waals surface area (Å²) in [6.07, 6.45) is -0.413. The molecule has 124 valence electrons. The van der Waals surface area contributed by atoms with Crippen molar-refractivity contribution in [2.75, 3.05) is 19.6 Å². The Balaban J connectivity index is 1.58. The summed E-state index contributed by atoms with van der Waals surface area (Å²) in [6, 6.07) is 3.89. The number of carbonyl (C=O) groups is 2. The minimum Gasteiger partial charge on any atom is -0.507 e. The van der Waals surface area contributed by atoms with Gasteiger partial charge in [-0.15, -0.1) is 0 Å². The van der Waals surface area contributed by atoms with E-state index in [9.17, 15) is 19.8 Å². The van der Waals surface area contributed by atoms with Crippen molar-refractivity contribution in [2.45, 2.75) is 24.7 Å². The van der Waals surface area contributed by atoms with Gasteiger partial charge in [0.05, 0.1) is 25.2 Å². The smallest absolute Gasteiger partial charge is 0.343 e. The number of amides is 1. The van der Waals surface area contributed by atoms with E-state index in [4.69, 9.17) is 9.84 Å². The fourth-order valence-corrected chi connectivity index (χ4v) is 2.83. The third kappa shape index (κ3) is 3.08. The van der Waals surface area contributed by atoms with Gasteiger partial charge in [-0.1, -0.05) is 6.07 Å². The van der Waals surface area contributed by atoms with Crippen LogP contribution in [-0.2, 0) is 4.79 Å². The van der Waals surface area contributed by atoms with Gasteiger partial charge in [0.2, 0.25) is 5.91 Å². The van der Waals surface area contributed by atoms with E-state index in [-0.39, 0.29) is 35.1 Å². The topological polar surface area (TPSA) is 119 Å². The lowest BCUT2D eigenvalue weighted by molar-refractivity contribution is -0.142. The van der Waals surface area contributed by atoms with E-state index < -0.39 is 12.1 Å². The Bertz CT molecular complexity index is 628. The fourth-order valence-electron chi connectivity index (χ4n) is 2.83. The van der Waals surface area contributed by atoms with Crippen molar-refractivity contribution in [1.82, 2.24) is 10.2 Å². The Labute approximate surface area is 132 Å². The number of aliphatic hydroxyl groups excluding tert-OH is 1. The zero-order chi connectivity index (χ0) is 16.6. The second kappa shape index (κ2) is 6.05. The Morgan fingerprint density at radius 3 is 2.65 bits per heavy atom. The summed E-state index contributed by atoms with van der Waals surface area (Å²) >= 11 is 0. The summed E-state index contributed by atoms with van der Waals surface area (Å²) in [5.41, 5.74) is -0.280. The normalized spacial score (nSPS) is 24.3. The number of rotatable bonds is 4. The predicted octanol–water partition coefficient (Wildman–Crippen LogP) is -0.597. The molecule has 2 fully saturated rings. The van der Waals surface area contributed by atoms with Crippen molar-refractivity contribution in [1.29, 1.82) is 0 Å². The zero-order valence-corrected chi connectivity index (χ0v) is 12.3. The van der Waals surface area contributed by atoms with Gasteiger partial charge in [-0.25, -0.2) is 4.79 Å². The largest absolute Gasteiger partial charge is 0.507 e. The van der Waals surface area contributed by atoms with Crippen LogP contribution in [0.2, 0.25) is 0 Å². The third-order valence-corrected chi connectivity index (χ3v) is 4.08. The molecule has 2 atom stereocenters. The highest BCUT2D eigenvalue weighted by Crippen LogP contribution is 2.29. The quantitative estimate of drug-likeness (QED) is 0.584. The van der Waals surface area contributed by atoms with E-state index in [2.05, 4.69) is 5.32 Å². The molecule has 1 aromatic carbocycles. The molecular formula is C15H18N2O6. The molecule has 0 radical (unpaired) electrons. The van der Waals surface area contributed by atoms with E-state index in [0.717, 1.165) is 0 Å². The van der Waals surface area contributed by atoms with Crippen LogP contribution < -0.4 is 10.1 Å². The van der Waals surface area contributed by atoms with Crippen molar-refractivity contribution < 1.29 is 29.6 Å². The number of aromatic hydroxyl groups is 1. The molecule has 2 aliphatic heterocycles. The highest BCUT2D eigenvalue weighted by Gasteiger charge is 2.38. The van der Waals surface area contributed by atoms with Gasteiger partial charge >= 0.3 is 5.97 Å². The van der Waals surface area contributed by atoms with Gasteiger partial charge in [0.15, 0.2) is 0 Å². The number of carbonyl (C=O) groups excluding carboxylic acids is 1. The fraction of sp³-hybridized carbons (Fsp3) is 0.467. The lowest BCUT2D eigenvalue weighted by Crippen LogP contribution is -2.59. The van der Waals surface area contributed by atoms with E-state index >= 15 is 0 Å². The Kier molecular flexibility index (Phi) is 4.10. The number of ether oxygens (including phenoxy) is 1. The zero-order valence-electron chi connectivity index (χ0n) is 12.3. The molecule has 23 heavy (non-hydrogen) atoms. The molecule has 0 aromatic heterocycles. The standard InChI is InChI=1S/C15H18N2O6/c18-8-4-10(16-5-8)14(20)17-6-9(7-17)23-12-3-1-2-11(19)13(12)15(21)22/h1-3,8-10,16,18-19H,4-7H2,(H,21,22)/t8?,10-/m0/s1. The number of phenols is 1. The number of aliphatic hydroxyl groups is 1. The van der Waals surface area contributed by atoms with Crippen LogP contribution in [0.5, 0.6) is 11.5 Å². The first kappa shape index (κ1) is 15.6. The summed E-state index contributed by atoms with van der Waals surface area (Å²) in [7, 11) is 0. The molecular weight excluding hydrogens is 304 g/mol. The number of nitrogens with zero attached hydrogens (tertiary/aromatic N) is 1. The van der Waals surface area contributed by atoms with Gasteiger partial charge in [-0.2, -0.15) is 0 Å². The van der Waals surface area contributed by atoms with Crippen LogP contribution in [0.15, 0.2) is 18.2 Å². The first-order valence-corrected chi connectivity index (χ1v) is 7.38. The molecule has 2 aliphatic rings. The molecule has 0 bridgehead atoms. The first-order chi connectivity index (χ1) is 11.0. The number of nitrogens with one attached hydrogen (secondary N) is 1. The minimum absolute atomic E-state index is 0.0870. The maximum atomic E-state index is 12.2. The Morgan fingerprint density at radius 1 is 1.30 bits per heavy atom. The molecule has 1 amide bonds. The molecule has 0 spiro atoms. The van der Waals surface area contributed by atoms with Crippen molar-refractivity contribution in [3.63, 3.8) is 0 Å². The Morgan fingerprint density at radius 2 is 2.04 bits per heavy atom. The molecule has 0 saturated carbocycles. The SMILES string of the molecule is O=C(O)c1c(O)cccc1OC1CN(C(=O)[C@@H]2CC(O)CN2)C1. The molecule has 1 unspecified atom stereocenters. The number of hydrogen-bond acceptors (Lipinski definition) is 6. The van der Waals surface area contributed by atoms with Crippen molar-refractivity contribution in [3.05, 3.63) is 23.8 Å². The third-order valence-electron chi connectivity index (χ3n) is 4.08. The van der Waals surface area contributed by atoms with Crippen LogP contribution in [0, 0.1) is 0 Å². The minimum atomic E-state index is -1.27. The number of carboxylic acid groups (broad SMARTS) is 1. The number of β-amino-alcohol motifs (C(OH)–C–C–N with tert-alkyl or cyclic N) is 1. The summed E-state index contributed by atoms with van der Waals surface area (Å²) in [5, 5.41) is 31.1. The summed E-state index contributed by atoms with van der Waals surface area (Å²) in [4.78, 5) is 24.9. The molecule has 4 N–H and O–H groups in total. The monoisotopic (exact) mass is 322 g/mol. The molecule has 8 heteroatoms. The maximum absolute atomic E-state index is 12.2. The highest BCUT2D eigenvalue weighted by molar-refractivity contribution is 5.94. The van der Waals surface area contributed by atoms with Crippen LogP contribution in [0.25, 0.3) is 0 Å². The van der Waals surface area contributed by atoms with Crippen molar-refractivity contribution >= 4 is 11.9 Å². The second-order valence-electron chi connectivity index (χ2n) is 5.79. The van der Waals surface area contributed by atoms with Gasteiger partial charge in [-0.05, 0) is 18.6 Å². The van der Waals surface area contributed by atoms with Gasteiger partial charge in [0.1, 0.15) is 23.2 Å². The van der Waals surface area contributed by atoms with E-state index in [1.165, 1.54) is 18.2 Å². The van der Waals surface area contributed by atoms with Crippen LogP contribution >= 0.6 is 0 Å². The van der Waals surface area contributed by atoms with E-state index in [1.807, 2.05) is 0 Å². The number of carboxylic acids is 1.